The standard InChI is InChI=1S/C13H14F2O5/c1-18-10-5-3-8(7-11(10)20-13(14)15)9(16)4-6-12(17)19-2/h3,5,7,13H,4,6H2,1-2H3. The molecule has 20 heavy (non-hydrogen) atoms. The van der Waals surface area contributed by atoms with E-state index in [0.717, 1.165) is 6.07 Å². The third-order valence-electron chi connectivity index (χ3n) is 2.49. The van der Waals surface area contributed by atoms with Crippen molar-refractivity contribution in [2.75, 3.05) is 14.2 Å². The van der Waals surface area contributed by atoms with Gasteiger partial charge in [-0.25, -0.2) is 0 Å². The molecule has 5 nitrogen and oxygen atoms in total. The lowest BCUT2D eigenvalue weighted by Crippen LogP contribution is -2.08. The van der Waals surface area contributed by atoms with Gasteiger partial charge in [-0.15, -0.1) is 0 Å². The van der Waals surface area contributed by atoms with Gasteiger partial charge >= 0.3 is 12.6 Å². The van der Waals surface area contributed by atoms with E-state index in [1.165, 1.54) is 26.4 Å². The average molecular weight is 288 g/mol. The lowest BCUT2D eigenvalue weighted by molar-refractivity contribution is -0.140. The maximum Gasteiger partial charge on any atom is 0.387 e. The van der Waals surface area contributed by atoms with Crippen molar-refractivity contribution >= 4 is 11.8 Å². The maximum absolute atomic E-state index is 12.2. The van der Waals surface area contributed by atoms with Gasteiger partial charge in [-0.2, -0.15) is 8.78 Å². The van der Waals surface area contributed by atoms with Crippen molar-refractivity contribution in [3.05, 3.63) is 23.8 Å². The van der Waals surface area contributed by atoms with Gasteiger partial charge in [0.25, 0.3) is 0 Å². The van der Waals surface area contributed by atoms with Crippen molar-refractivity contribution in [2.45, 2.75) is 19.5 Å². The van der Waals surface area contributed by atoms with Crippen LogP contribution in [0.1, 0.15) is 23.2 Å². The van der Waals surface area contributed by atoms with Gasteiger partial charge in [0.2, 0.25) is 0 Å². The number of halogens is 2. The van der Waals surface area contributed by atoms with Gasteiger partial charge in [0.15, 0.2) is 17.3 Å². The van der Waals surface area contributed by atoms with Crippen molar-refractivity contribution in [1.29, 1.82) is 0 Å². The predicted octanol–water partition coefficient (Wildman–Crippen LogP) is 2.43. The zero-order valence-corrected chi connectivity index (χ0v) is 11.0. The number of carbonyl (C=O) groups is 2. The highest BCUT2D eigenvalue weighted by Crippen LogP contribution is 2.30. The van der Waals surface area contributed by atoms with Gasteiger partial charge in [0.1, 0.15) is 0 Å². The molecule has 0 saturated heterocycles. The summed E-state index contributed by atoms with van der Waals surface area (Å²) in [5, 5.41) is 0. The number of hydrogen-bond acceptors (Lipinski definition) is 5. The second-order valence-electron chi connectivity index (χ2n) is 3.74. The maximum atomic E-state index is 12.2. The molecule has 0 N–H and O–H groups in total. The van der Waals surface area contributed by atoms with Crippen molar-refractivity contribution in [3.63, 3.8) is 0 Å². The molecule has 0 bridgehead atoms. The molecule has 0 heterocycles. The van der Waals surface area contributed by atoms with E-state index in [0.29, 0.717) is 0 Å². The fourth-order valence-corrected chi connectivity index (χ4v) is 1.50. The highest BCUT2D eigenvalue weighted by Gasteiger charge is 2.15. The third kappa shape index (κ3) is 4.49. The first-order valence-electron chi connectivity index (χ1n) is 5.70. The van der Waals surface area contributed by atoms with Crippen molar-refractivity contribution in [2.24, 2.45) is 0 Å². The van der Waals surface area contributed by atoms with Gasteiger partial charge in [0.05, 0.1) is 20.6 Å². The van der Waals surface area contributed by atoms with Gasteiger partial charge in [-0.05, 0) is 18.2 Å². The second kappa shape index (κ2) is 7.42. The van der Waals surface area contributed by atoms with Crippen LogP contribution in [0.15, 0.2) is 18.2 Å². The minimum absolute atomic E-state index is 0.0763. The number of benzene rings is 1. The topological polar surface area (TPSA) is 61.8 Å². The smallest absolute Gasteiger partial charge is 0.387 e. The van der Waals surface area contributed by atoms with Crippen LogP contribution in [0.5, 0.6) is 11.5 Å². The first-order valence-corrected chi connectivity index (χ1v) is 5.70. The lowest BCUT2D eigenvalue weighted by atomic mass is 10.1. The molecule has 1 rings (SSSR count). The zero-order chi connectivity index (χ0) is 15.1. The number of carbonyl (C=O) groups excluding carboxylic acids is 2. The molecule has 0 aromatic heterocycles. The Labute approximate surface area is 114 Å². The van der Waals surface area contributed by atoms with E-state index in [9.17, 15) is 18.4 Å². The van der Waals surface area contributed by atoms with E-state index in [4.69, 9.17) is 4.74 Å². The van der Waals surface area contributed by atoms with E-state index in [1.54, 1.807) is 0 Å². The van der Waals surface area contributed by atoms with E-state index in [-0.39, 0.29) is 35.7 Å². The molecule has 0 aliphatic carbocycles. The Kier molecular flexibility index (Phi) is 5.89. The second-order valence-corrected chi connectivity index (χ2v) is 3.74. The fraction of sp³-hybridized carbons (Fsp3) is 0.385. The van der Waals surface area contributed by atoms with Crippen molar-refractivity contribution < 1.29 is 32.6 Å². The summed E-state index contributed by atoms with van der Waals surface area (Å²) in [6, 6.07) is 3.92. The van der Waals surface area contributed by atoms with E-state index in [2.05, 4.69) is 9.47 Å². The van der Waals surface area contributed by atoms with E-state index in [1.807, 2.05) is 0 Å². The number of rotatable bonds is 7. The van der Waals surface area contributed by atoms with E-state index < -0.39 is 12.6 Å². The number of hydrogen-bond donors (Lipinski definition) is 0. The van der Waals surface area contributed by atoms with Crippen LogP contribution in [0.2, 0.25) is 0 Å². The van der Waals surface area contributed by atoms with Crippen LogP contribution in [0.3, 0.4) is 0 Å². The largest absolute Gasteiger partial charge is 0.493 e. The van der Waals surface area contributed by atoms with Gasteiger partial charge in [-0.3, -0.25) is 9.59 Å². The molecule has 1 aromatic carbocycles. The Morgan fingerprint density at radius 2 is 1.85 bits per heavy atom. The first kappa shape index (κ1) is 15.9. The Balaban J connectivity index is 2.84. The van der Waals surface area contributed by atoms with Crippen molar-refractivity contribution in [3.8, 4) is 11.5 Å². The quantitative estimate of drug-likeness (QED) is 0.569. The summed E-state index contributed by atoms with van der Waals surface area (Å²) in [6.07, 6.45) is -0.153. The number of esters is 1. The van der Waals surface area contributed by atoms with E-state index >= 15 is 0 Å². The highest BCUT2D eigenvalue weighted by atomic mass is 19.3. The minimum Gasteiger partial charge on any atom is -0.493 e. The molecule has 0 aliphatic heterocycles. The summed E-state index contributed by atoms with van der Waals surface area (Å²) in [7, 11) is 2.52. The molecule has 0 aliphatic rings. The summed E-state index contributed by atoms with van der Waals surface area (Å²) in [4.78, 5) is 22.8. The van der Waals surface area contributed by atoms with Gasteiger partial charge in [-0.1, -0.05) is 0 Å². The number of ketones is 1. The molecule has 0 unspecified atom stereocenters. The van der Waals surface area contributed by atoms with Crippen LogP contribution < -0.4 is 9.47 Å². The minimum atomic E-state index is -3.02. The molecule has 0 fully saturated rings. The van der Waals surface area contributed by atoms with Crippen molar-refractivity contribution in [1.82, 2.24) is 0 Å². The molecule has 110 valence electrons. The first-order chi connectivity index (χ1) is 9.47. The van der Waals surface area contributed by atoms with Crippen LogP contribution in [-0.4, -0.2) is 32.6 Å². The summed E-state index contributed by atoms with van der Waals surface area (Å²) >= 11 is 0. The normalized spacial score (nSPS) is 10.2. The average Bonchev–Trinajstić information content (AvgIpc) is 2.43. The molecule has 0 amide bonds. The number of alkyl halides is 2. The van der Waals surface area contributed by atoms with Crippen LogP contribution >= 0.6 is 0 Å². The number of Topliss-reactive ketones (excluding diaryl/α,β-unsaturated/α-hetero) is 1. The summed E-state index contributed by atoms with van der Waals surface area (Å²) in [5.74, 6) is -1.03. The van der Waals surface area contributed by atoms with Crippen LogP contribution in [0.4, 0.5) is 8.78 Å². The molecule has 7 heteroatoms. The Hall–Kier alpha value is -2.18. The van der Waals surface area contributed by atoms with Crippen LogP contribution in [0, 0.1) is 0 Å². The van der Waals surface area contributed by atoms with Gasteiger partial charge < -0.3 is 14.2 Å². The van der Waals surface area contributed by atoms with Crippen LogP contribution in [0.25, 0.3) is 0 Å². The Morgan fingerprint density at radius 1 is 1.15 bits per heavy atom. The zero-order valence-electron chi connectivity index (χ0n) is 11.0. The molecule has 0 saturated carbocycles. The Morgan fingerprint density at radius 3 is 2.40 bits per heavy atom. The van der Waals surface area contributed by atoms with Gasteiger partial charge in [0, 0.05) is 12.0 Å². The molecule has 0 spiro atoms. The summed E-state index contributed by atoms with van der Waals surface area (Å²) in [6.45, 7) is -3.02. The lowest BCUT2D eigenvalue weighted by Gasteiger charge is -2.11. The molecule has 0 atom stereocenters. The molecule has 0 radical (unpaired) electrons. The number of ether oxygens (including phenoxy) is 3. The third-order valence-corrected chi connectivity index (χ3v) is 2.49. The predicted molar refractivity (Wildman–Crippen MR) is 65.2 cm³/mol. The molecular weight excluding hydrogens is 274 g/mol. The fourth-order valence-electron chi connectivity index (χ4n) is 1.50. The summed E-state index contributed by atoms with van der Waals surface area (Å²) in [5.41, 5.74) is 0.158. The molecule has 1 aromatic rings. The molecular formula is C13H14F2O5. The highest BCUT2D eigenvalue weighted by molar-refractivity contribution is 5.98. The Bertz CT molecular complexity index is 488. The monoisotopic (exact) mass is 288 g/mol. The number of methoxy groups -OCH3 is 2. The summed E-state index contributed by atoms with van der Waals surface area (Å²) < 4.78 is 38.0. The van der Waals surface area contributed by atoms with Crippen LogP contribution in [-0.2, 0) is 9.53 Å². The SMILES string of the molecule is COC(=O)CCC(=O)c1ccc(OC)c(OC(F)F)c1.